The summed E-state index contributed by atoms with van der Waals surface area (Å²) in [6, 6.07) is 6.38. The second-order valence-corrected chi connectivity index (χ2v) is 2.84. The molecule has 0 N–H and O–H groups in total. The van der Waals surface area contributed by atoms with Crippen molar-refractivity contribution in [2.45, 2.75) is 0 Å². The molecule has 1 aromatic carbocycles. The van der Waals surface area contributed by atoms with Crippen molar-refractivity contribution in [1.82, 2.24) is 0 Å². The number of benzene rings is 1. The first-order valence-electron chi connectivity index (χ1n) is 4.51. The number of para-hydroxylation sites is 1. The molecule has 3 nitrogen and oxygen atoms in total. The molecule has 0 saturated carbocycles. The Balaban J connectivity index is 3.07. The zero-order valence-electron chi connectivity index (χ0n) is 9.00. The van der Waals surface area contributed by atoms with Gasteiger partial charge >= 0.3 is 6.08 Å². The summed E-state index contributed by atoms with van der Waals surface area (Å²) < 4.78 is 39.7. The van der Waals surface area contributed by atoms with Crippen LogP contribution in [0.25, 0.3) is 5.76 Å². The van der Waals surface area contributed by atoms with Crippen molar-refractivity contribution < 1.29 is 23.0 Å². The average molecular weight is 230 g/mol. The van der Waals surface area contributed by atoms with E-state index in [1.807, 2.05) is 0 Å². The van der Waals surface area contributed by atoms with Gasteiger partial charge in [0.2, 0.25) is 0 Å². The molecule has 5 heteroatoms. The van der Waals surface area contributed by atoms with E-state index in [0.29, 0.717) is 5.75 Å². The Labute approximate surface area is 92.2 Å². The Hall–Kier alpha value is -1.62. The predicted octanol–water partition coefficient (Wildman–Crippen LogP) is 2.88. The molecule has 1 rings (SSSR count). The SMILES string of the molecule is COCOC(=C(F)F)c1ccccc1OC. The van der Waals surface area contributed by atoms with Gasteiger partial charge in [-0.3, -0.25) is 0 Å². The molecule has 0 saturated heterocycles. The van der Waals surface area contributed by atoms with Gasteiger partial charge in [-0.05, 0) is 12.1 Å². The van der Waals surface area contributed by atoms with Crippen molar-refractivity contribution in [3.63, 3.8) is 0 Å². The van der Waals surface area contributed by atoms with E-state index in [2.05, 4.69) is 4.74 Å². The lowest BCUT2D eigenvalue weighted by atomic mass is 10.2. The Morgan fingerprint density at radius 3 is 2.44 bits per heavy atom. The third kappa shape index (κ3) is 2.93. The Morgan fingerprint density at radius 2 is 1.88 bits per heavy atom. The summed E-state index contributed by atoms with van der Waals surface area (Å²) in [6.07, 6.45) is -1.92. The van der Waals surface area contributed by atoms with Crippen molar-refractivity contribution in [2.75, 3.05) is 21.0 Å². The first-order chi connectivity index (χ1) is 7.70. The van der Waals surface area contributed by atoms with Gasteiger partial charge in [0.25, 0.3) is 0 Å². The molecule has 0 amide bonds. The highest BCUT2D eigenvalue weighted by molar-refractivity contribution is 5.66. The maximum absolute atomic E-state index is 12.7. The number of halogens is 2. The molecule has 0 atom stereocenters. The third-order valence-electron chi connectivity index (χ3n) is 1.84. The molecule has 0 bridgehead atoms. The standard InChI is InChI=1S/C11H12F2O3/c1-14-7-16-10(11(12)13)8-5-3-4-6-9(8)15-2/h3-6H,7H2,1-2H3. The second-order valence-electron chi connectivity index (χ2n) is 2.84. The van der Waals surface area contributed by atoms with Crippen LogP contribution in [0, 0.1) is 0 Å². The number of ether oxygens (including phenoxy) is 3. The maximum Gasteiger partial charge on any atom is 0.312 e. The predicted molar refractivity (Wildman–Crippen MR) is 55.1 cm³/mol. The molecule has 0 aliphatic carbocycles. The van der Waals surface area contributed by atoms with Gasteiger partial charge < -0.3 is 14.2 Å². The molecular formula is C11H12F2O3. The van der Waals surface area contributed by atoms with Crippen molar-refractivity contribution >= 4 is 5.76 Å². The molecule has 0 radical (unpaired) electrons. The molecule has 0 aromatic heterocycles. The normalized spacial score (nSPS) is 9.75. The van der Waals surface area contributed by atoms with Crippen LogP contribution in [-0.2, 0) is 9.47 Å². The molecule has 88 valence electrons. The van der Waals surface area contributed by atoms with E-state index in [1.165, 1.54) is 20.3 Å². The highest BCUT2D eigenvalue weighted by Gasteiger charge is 2.15. The quantitative estimate of drug-likeness (QED) is 0.575. The molecular weight excluding hydrogens is 218 g/mol. The van der Waals surface area contributed by atoms with Gasteiger partial charge in [0.1, 0.15) is 5.75 Å². The maximum atomic E-state index is 12.7. The van der Waals surface area contributed by atoms with Crippen LogP contribution < -0.4 is 4.74 Å². The topological polar surface area (TPSA) is 27.7 Å². The van der Waals surface area contributed by atoms with Crippen LogP contribution in [-0.4, -0.2) is 21.0 Å². The van der Waals surface area contributed by atoms with Crippen LogP contribution in [0.5, 0.6) is 5.75 Å². The van der Waals surface area contributed by atoms with Crippen LogP contribution in [0.1, 0.15) is 5.56 Å². The van der Waals surface area contributed by atoms with Crippen molar-refractivity contribution in [2.24, 2.45) is 0 Å². The minimum Gasteiger partial charge on any atom is -0.496 e. The Morgan fingerprint density at radius 1 is 1.19 bits per heavy atom. The van der Waals surface area contributed by atoms with Gasteiger partial charge in [-0.1, -0.05) is 12.1 Å². The minimum absolute atomic E-state index is 0.196. The number of methoxy groups -OCH3 is 2. The van der Waals surface area contributed by atoms with E-state index in [4.69, 9.17) is 9.47 Å². The highest BCUT2D eigenvalue weighted by atomic mass is 19.3. The van der Waals surface area contributed by atoms with Crippen molar-refractivity contribution in [1.29, 1.82) is 0 Å². The van der Waals surface area contributed by atoms with Gasteiger partial charge in [-0.15, -0.1) is 0 Å². The first-order valence-corrected chi connectivity index (χ1v) is 4.51. The fraction of sp³-hybridized carbons (Fsp3) is 0.273. The lowest BCUT2D eigenvalue weighted by Crippen LogP contribution is -1.99. The van der Waals surface area contributed by atoms with Crippen LogP contribution in [0.3, 0.4) is 0 Å². The lowest BCUT2D eigenvalue weighted by molar-refractivity contribution is 0.0281. The van der Waals surface area contributed by atoms with Crippen LogP contribution >= 0.6 is 0 Å². The largest absolute Gasteiger partial charge is 0.496 e. The van der Waals surface area contributed by atoms with Crippen LogP contribution in [0.2, 0.25) is 0 Å². The molecule has 16 heavy (non-hydrogen) atoms. The monoisotopic (exact) mass is 230 g/mol. The number of hydrogen-bond donors (Lipinski definition) is 0. The van der Waals surface area contributed by atoms with Gasteiger partial charge in [0, 0.05) is 7.11 Å². The van der Waals surface area contributed by atoms with E-state index in [9.17, 15) is 8.78 Å². The van der Waals surface area contributed by atoms with Crippen molar-refractivity contribution in [3.05, 3.63) is 35.9 Å². The van der Waals surface area contributed by atoms with E-state index < -0.39 is 11.8 Å². The summed E-state index contributed by atoms with van der Waals surface area (Å²) in [7, 11) is 2.76. The molecule has 1 aromatic rings. The smallest absolute Gasteiger partial charge is 0.312 e. The molecule has 0 aliphatic rings. The molecule has 0 fully saturated rings. The van der Waals surface area contributed by atoms with Gasteiger partial charge in [0.15, 0.2) is 12.6 Å². The molecule has 0 heterocycles. The Bertz CT molecular complexity index is 373. The summed E-state index contributed by atoms with van der Waals surface area (Å²) in [5.41, 5.74) is 0.196. The minimum atomic E-state index is -1.92. The summed E-state index contributed by atoms with van der Waals surface area (Å²) in [5, 5.41) is 0. The van der Waals surface area contributed by atoms with Gasteiger partial charge in [-0.2, -0.15) is 8.78 Å². The van der Waals surface area contributed by atoms with E-state index >= 15 is 0 Å². The highest BCUT2D eigenvalue weighted by Crippen LogP contribution is 2.29. The van der Waals surface area contributed by atoms with E-state index in [0.717, 1.165) is 0 Å². The third-order valence-corrected chi connectivity index (χ3v) is 1.84. The summed E-state index contributed by atoms with van der Waals surface area (Å²) in [4.78, 5) is 0. The molecule has 0 aliphatic heterocycles. The molecule has 0 spiro atoms. The second kappa shape index (κ2) is 6.07. The van der Waals surface area contributed by atoms with Gasteiger partial charge in [0.05, 0.1) is 12.7 Å². The first kappa shape index (κ1) is 12.4. The molecule has 0 unspecified atom stereocenters. The number of hydrogen-bond acceptors (Lipinski definition) is 3. The fourth-order valence-corrected chi connectivity index (χ4v) is 1.18. The van der Waals surface area contributed by atoms with E-state index in [1.54, 1.807) is 18.2 Å². The zero-order chi connectivity index (χ0) is 12.0. The Kier molecular flexibility index (Phi) is 4.72. The van der Waals surface area contributed by atoms with Gasteiger partial charge in [-0.25, -0.2) is 0 Å². The fourth-order valence-electron chi connectivity index (χ4n) is 1.18. The number of rotatable bonds is 5. The van der Waals surface area contributed by atoms with Crippen LogP contribution in [0.4, 0.5) is 8.78 Å². The average Bonchev–Trinajstić information content (AvgIpc) is 2.29. The lowest BCUT2D eigenvalue weighted by Gasteiger charge is -2.11. The van der Waals surface area contributed by atoms with Crippen molar-refractivity contribution in [3.8, 4) is 5.75 Å². The van der Waals surface area contributed by atoms with Crippen LogP contribution in [0.15, 0.2) is 30.3 Å². The summed E-state index contributed by atoms with van der Waals surface area (Å²) >= 11 is 0. The zero-order valence-corrected chi connectivity index (χ0v) is 9.00. The van der Waals surface area contributed by atoms with E-state index in [-0.39, 0.29) is 12.4 Å². The summed E-state index contributed by atoms with van der Waals surface area (Å²) in [5.74, 6) is -0.208. The summed E-state index contributed by atoms with van der Waals surface area (Å²) in [6.45, 7) is -0.245.